The van der Waals surface area contributed by atoms with Gasteiger partial charge in [0.25, 0.3) is 5.91 Å². The highest BCUT2D eigenvalue weighted by atomic mass is 16.5. The summed E-state index contributed by atoms with van der Waals surface area (Å²) in [5, 5.41) is 12.0. The van der Waals surface area contributed by atoms with Crippen molar-refractivity contribution in [2.75, 3.05) is 0 Å². The maximum absolute atomic E-state index is 12.1. The highest BCUT2D eigenvalue weighted by Crippen LogP contribution is 2.17. The van der Waals surface area contributed by atoms with Gasteiger partial charge in [0.15, 0.2) is 6.10 Å². The number of carbonyl (C=O) groups excluding carboxylic acids is 3. The molecule has 0 unspecified atom stereocenters. The molecule has 0 aliphatic heterocycles. The van der Waals surface area contributed by atoms with Gasteiger partial charge in [-0.15, -0.1) is 10.2 Å². The first-order valence-corrected chi connectivity index (χ1v) is 7.86. The number of nitrogens with one attached hydrogen (secondary N) is 2. The summed E-state index contributed by atoms with van der Waals surface area (Å²) in [6.07, 6.45) is 0.0667. The van der Waals surface area contributed by atoms with Crippen molar-refractivity contribution in [3.63, 3.8) is 0 Å². The minimum atomic E-state index is -1.14. The zero-order chi connectivity index (χ0) is 19.3. The molecule has 2 rings (SSSR count). The number of urea groups is 1. The molecule has 0 spiro atoms. The number of ether oxygens (including phenoxy) is 1. The second-order valence-electron chi connectivity index (χ2n) is 6.56. The Bertz CT molecular complexity index is 778. The van der Waals surface area contributed by atoms with E-state index in [-0.39, 0.29) is 5.56 Å². The van der Waals surface area contributed by atoms with E-state index in [0.717, 1.165) is 0 Å². The molecule has 0 radical (unpaired) electrons. The maximum Gasteiger partial charge on any atom is 0.338 e. The molecule has 0 aliphatic rings. The number of hydrogen-bond donors (Lipinski definition) is 2. The van der Waals surface area contributed by atoms with Gasteiger partial charge in [0.1, 0.15) is 0 Å². The molecule has 9 nitrogen and oxygen atoms in total. The van der Waals surface area contributed by atoms with Gasteiger partial charge in [-0.25, -0.2) is 9.59 Å². The predicted molar refractivity (Wildman–Crippen MR) is 91.0 cm³/mol. The van der Waals surface area contributed by atoms with Crippen molar-refractivity contribution in [3.05, 3.63) is 36.2 Å². The van der Waals surface area contributed by atoms with Gasteiger partial charge in [-0.05, 0) is 52.0 Å². The lowest BCUT2D eigenvalue weighted by molar-refractivity contribution is -0.127. The molecule has 1 aromatic carbocycles. The molecule has 0 aliphatic carbocycles. The number of hydrogen-bond acceptors (Lipinski definition) is 7. The van der Waals surface area contributed by atoms with Gasteiger partial charge in [-0.2, -0.15) is 0 Å². The van der Waals surface area contributed by atoms with E-state index in [4.69, 9.17) is 9.15 Å². The fourth-order valence-electron chi connectivity index (χ4n) is 1.92. The fraction of sp³-hybridized carbons (Fsp3) is 0.353. The van der Waals surface area contributed by atoms with Gasteiger partial charge >= 0.3 is 12.0 Å². The van der Waals surface area contributed by atoms with Crippen LogP contribution < -0.4 is 10.6 Å². The molecular formula is C17H20N4O5. The summed E-state index contributed by atoms with van der Waals surface area (Å²) < 4.78 is 10.1. The summed E-state index contributed by atoms with van der Waals surface area (Å²) in [5.41, 5.74) is 0.389. The predicted octanol–water partition coefficient (Wildman–Crippen LogP) is 1.91. The third-order valence-corrected chi connectivity index (χ3v) is 3.11. The monoisotopic (exact) mass is 360 g/mol. The topological polar surface area (TPSA) is 123 Å². The van der Waals surface area contributed by atoms with E-state index >= 15 is 0 Å². The second kappa shape index (κ2) is 7.77. The van der Waals surface area contributed by atoms with Crippen molar-refractivity contribution >= 4 is 17.9 Å². The Balaban J connectivity index is 1.92. The van der Waals surface area contributed by atoms with Gasteiger partial charge in [0, 0.05) is 11.1 Å². The highest BCUT2D eigenvalue weighted by Gasteiger charge is 2.22. The smallest absolute Gasteiger partial charge is 0.338 e. The van der Waals surface area contributed by atoms with Crippen LogP contribution >= 0.6 is 0 Å². The van der Waals surface area contributed by atoms with Crippen molar-refractivity contribution < 1.29 is 23.5 Å². The van der Waals surface area contributed by atoms with Crippen LogP contribution in [0.15, 0.2) is 35.1 Å². The highest BCUT2D eigenvalue weighted by molar-refractivity contribution is 5.98. The van der Waals surface area contributed by atoms with Gasteiger partial charge in [0.05, 0.1) is 5.56 Å². The van der Waals surface area contributed by atoms with E-state index in [9.17, 15) is 14.4 Å². The zero-order valence-corrected chi connectivity index (χ0v) is 14.9. The summed E-state index contributed by atoms with van der Waals surface area (Å²) in [5.74, 6) is -1.09. The lowest BCUT2D eigenvalue weighted by atomic mass is 10.1. The lowest BCUT2D eigenvalue weighted by Gasteiger charge is -2.21. The molecule has 3 amide bonds. The van der Waals surface area contributed by atoms with Gasteiger partial charge in [0.2, 0.25) is 12.3 Å². The van der Waals surface area contributed by atoms with Crippen molar-refractivity contribution in [3.8, 4) is 11.5 Å². The second-order valence-corrected chi connectivity index (χ2v) is 6.56. The lowest BCUT2D eigenvalue weighted by Crippen LogP contribution is -2.50. The Morgan fingerprint density at radius 3 is 2.35 bits per heavy atom. The Hall–Kier alpha value is -3.23. The average molecular weight is 360 g/mol. The molecule has 2 N–H and O–H groups in total. The number of imide groups is 1. The zero-order valence-electron chi connectivity index (χ0n) is 14.9. The molecule has 0 saturated carbocycles. The summed E-state index contributed by atoms with van der Waals surface area (Å²) in [6.45, 7) is 6.71. The molecule has 2 aromatic rings. The maximum atomic E-state index is 12.1. The van der Waals surface area contributed by atoms with Crippen LogP contribution in [0.4, 0.5) is 4.79 Å². The SMILES string of the molecule is C[C@H](OC(=O)c1ccc(-c2nnco2)cc1)C(=O)NC(=O)NC(C)(C)C. The molecule has 9 heteroatoms. The van der Waals surface area contributed by atoms with Crippen LogP contribution in [0.2, 0.25) is 0 Å². The van der Waals surface area contributed by atoms with E-state index in [1.807, 2.05) is 0 Å². The van der Waals surface area contributed by atoms with Crippen molar-refractivity contribution in [1.29, 1.82) is 0 Å². The van der Waals surface area contributed by atoms with E-state index in [0.29, 0.717) is 11.5 Å². The van der Waals surface area contributed by atoms with Gasteiger partial charge < -0.3 is 14.5 Å². The summed E-state index contributed by atoms with van der Waals surface area (Å²) in [4.78, 5) is 35.7. The standard InChI is InChI=1S/C17H20N4O5/c1-10(13(22)19-16(24)20-17(2,3)4)26-15(23)12-7-5-11(6-8-12)14-21-18-9-25-14/h5-10H,1-4H3,(H2,19,20,22,24)/t10-/m0/s1. The van der Waals surface area contributed by atoms with E-state index < -0.39 is 29.6 Å². The van der Waals surface area contributed by atoms with Gasteiger partial charge in [-0.1, -0.05) is 0 Å². The summed E-state index contributed by atoms with van der Waals surface area (Å²) in [6, 6.07) is 5.60. The molecule has 1 atom stereocenters. The molecule has 1 heterocycles. The van der Waals surface area contributed by atoms with Crippen LogP contribution in [0.3, 0.4) is 0 Å². The number of carbonyl (C=O) groups is 3. The van der Waals surface area contributed by atoms with E-state index in [1.165, 1.54) is 25.5 Å². The van der Waals surface area contributed by atoms with Crippen molar-refractivity contribution in [2.45, 2.75) is 39.3 Å². The van der Waals surface area contributed by atoms with E-state index in [1.54, 1.807) is 32.9 Å². The minimum Gasteiger partial charge on any atom is -0.449 e. The Morgan fingerprint density at radius 1 is 1.15 bits per heavy atom. The first kappa shape index (κ1) is 19.1. The van der Waals surface area contributed by atoms with Crippen LogP contribution in [-0.2, 0) is 9.53 Å². The summed E-state index contributed by atoms with van der Waals surface area (Å²) >= 11 is 0. The number of nitrogens with zero attached hydrogens (tertiary/aromatic N) is 2. The first-order valence-electron chi connectivity index (χ1n) is 7.86. The molecule has 0 fully saturated rings. The average Bonchev–Trinajstić information content (AvgIpc) is 3.07. The Kier molecular flexibility index (Phi) is 5.71. The molecular weight excluding hydrogens is 340 g/mol. The first-order chi connectivity index (χ1) is 12.2. The number of esters is 1. The quantitative estimate of drug-likeness (QED) is 0.798. The Labute approximate surface area is 150 Å². The van der Waals surface area contributed by atoms with Crippen LogP contribution in [0.25, 0.3) is 11.5 Å². The number of rotatable bonds is 4. The minimum absolute atomic E-state index is 0.243. The number of amides is 3. The summed E-state index contributed by atoms with van der Waals surface area (Å²) in [7, 11) is 0. The molecule has 0 bridgehead atoms. The Morgan fingerprint density at radius 2 is 1.81 bits per heavy atom. The number of aromatic nitrogens is 2. The fourth-order valence-corrected chi connectivity index (χ4v) is 1.92. The van der Waals surface area contributed by atoms with Crippen LogP contribution in [0, 0.1) is 0 Å². The van der Waals surface area contributed by atoms with Gasteiger partial charge in [-0.3, -0.25) is 10.1 Å². The number of benzene rings is 1. The largest absolute Gasteiger partial charge is 0.449 e. The normalized spacial score (nSPS) is 12.2. The molecule has 26 heavy (non-hydrogen) atoms. The molecule has 138 valence electrons. The molecule has 0 saturated heterocycles. The third-order valence-electron chi connectivity index (χ3n) is 3.11. The third kappa shape index (κ3) is 5.40. The van der Waals surface area contributed by atoms with Crippen molar-refractivity contribution in [1.82, 2.24) is 20.8 Å². The molecule has 1 aromatic heterocycles. The van der Waals surface area contributed by atoms with Crippen LogP contribution in [0.1, 0.15) is 38.1 Å². The van der Waals surface area contributed by atoms with Crippen molar-refractivity contribution in [2.24, 2.45) is 0 Å². The van der Waals surface area contributed by atoms with Crippen LogP contribution in [0.5, 0.6) is 0 Å². The van der Waals surface area contributed by atoms with Crippen LogP contribution in [-0.4, -0.2) is 39.7 Å². The van der Waals surface area contributed by atoms with E-state index in [2.05, 4.69) is 20.8 Å².